The summed E-state index contributed by atoms with van der Waals surface area (Å²) < 4.78 is 10.5. The quantitative estimate of drug-likeness (QED) is 0.0533. The van der Waals surface area contributed by atoms with Crippen LogP contribution < -0.4 is 25.4 Å². The Balaban J connectivity index is 1.11. The molecular weight excluding hydrogens is 599 g/mol. The predicted molar refractivity (Wildman–Crippen MR) is 201 cm³/mol. The fraction of sp³-hybridized carbons (Fsp3) is 0.429. The molecule has 2 N–H and O–H groups in total. The maximum absolute atomic E-state index is 10.7. The van der Waals surface area contributed by atoms with E-state index in [4.69, 9.17) is 9.47 Å². The largest absolute Gasteiger partial charge is 0.504 e. The molecule has 0 heterocycles. The Hall–Kier alpha value is -3.49. The lowest BCUT2D eigenvalue weighted by molar-refractivity contribution is 0.313. The minimum absolute atomic E-state index is 0.0506. The van der Waals surface area contributed by atoms with Crippen molar-refractivity contribution in [2.45, 2.75) is 96.8 Å². The third-order valence-electron chi connectivity index (χ3n) is 9.65. The summed E-state index contributed by atoms with van der Waals surface area (Å²) in [5.74, 6) is 0.540. The van der Waals surface area contributed by atoms with Crippen LogP contribution in [0.5, 0.6) is 23.0 Å². The van der Waals surface area contributed by atoms with Crippen molar-refractivity contribution < 1.29 is 19.7 Å². The minimum atomic E-state index is -1.70. The lowest BCUT2D eigenvalue weighted by Gasteiger charge is -2.27. The second-order valence-corrected chi connectivity index (χ2v) is 16.4. The smallest absolute Gasteiger partial charge is 0.207 e. The van der Waals surface area contributed by atoms with Crippen LogP contribution in [0.25, 0.3) is 0 Å². The van der Waals surface area contributed by atoms with Crippen LogP contribution >= 0.6 is 7.26 Å². The average Bonchev–Trinajstić information content (AvgIpc) is 3.12. The molecule has 4 aromatic rings. The Bertz CT molecular complexity index is 1360. The van der Waals surface area contributed by atoms with Crippen molar-refractivity contribution in [2.24, 2.45) is 0 Å². The van der Waals surface area contributed by atoms with Gasteiger partial charge in [0.25, 0.3) is 0 Å². The van der Waals surface area contributed by atoms with Crippen LogP contribution in [0.2, 0.25) is 0 Å². The van der Waals surface area contributed by atoms with E-state index in [1.807, 2.05) is 6.92 Å². The van der Waals surface area contributed by atoms with Gasteiger partial charge in [-0.05, 0) is 69.0 Å². The highest BCUT2D eigenvalue weighted by molar-refractivity contribution is 7.95. The molecule has 0 radical (unpaired) electrons. The first-order valence-electron chi connectivity index (χ1n) is 17.7. The van der Waals surface area contributed by atoms with Crippen LogP contribution in [0, 0.1) is 6.92 Å². The Kier molecular flexibility index (Phi) is 15.0. The number of phenolic OH excluding ortho intramolecular Hbond substituents is 2. The maximum atomic E-state index is 10.7. The van der Waals surface area contributed by atoms with Gasteiger partial charge < -0.3 is 19.7 Å². The molecule has 0 aliphatic carbocycles. The normalized spacial score (nSPS) is 11.5. The van der Waals surface area contributed by atoms with Gasteiger partial charge in [0, 0.05) is 11.1 Å². The zero-order valence-corrected chi connectivity index (χ0v) is 29.8. The van der Waals surface area contributed by atoms with Crippen LogP contribution in [0.4, 0.5) is 0 Å². The first kappa shape index (κ1) is 36.3. The zero-order valence-electron chi connectivity index (χ0n) is 28.9. The van der Waals surface area contributed by atoms with Gasteiger partial charge in [0.05, 0.1) is 20.4 Å². The molecule has 0 amide bonds. The van der Waals surface area contributed by atoms with Gasteiger partial charge in [0.1, 0.15) is 23.2 Å². The highest BCUT2D eigenvalue weighted by atomic mass is 31.2. The Morgan fingerprint density at radius 3 is 1.19 bits per heavy atom. The highest BCUT2D eigenvalue weighted by Gasteiger charge is 2.44. The molecule has 5 heteroatoms. The second-order valence-electron chi connectivity index (χ2n) is 12.8. The fourth-order valence-corrected chi connectivity index (χ4v) is 11.4. The molecule has 0 saturated carbocycles. The number of hydrogen-bond donors (Lipinski definition) is 2. The number of aromatic hydroxyl groups is 2. The first-order valence-corrected chi connectivity index (χ1v) is 19.7. The summed E-state index contributed by atoms with van der Waals surface area (Å²) in [5, 5.41) is 25.6. The van der Waals surface area contributed by atoms with E-state index in [0.29, 0.717) is 5.56 Å². The van der Waals surface area contributed by atoms with Gasteiger partial charge in [0.2, 0.25) is 11.5 Å². The minimum Gasteiger partial charge on any atom is -0.504 e. The number of methoxy groups -OCH3 is 2. The molecule has 0 saturated heterocycles. The Morgan fingerprint density at radius 2 is 0.809 bits per heavy atom. The molecule has 0 fully saturated rings. The summed E-state index contributed by atoms with van der Waals surface area (Å²) in [5.41, 5.74) is 1.42. The third kappa shape index (κ3) is 9.54. The number of hydrogen-bond acceptors (Lipinski definition) is 4. The zero-order chi connectivity index (χ0) is 33.3. The summed E-state index contributed by atoms with van der Waals surface area (Å²) in [6, 6.07) is 33.8. The lowest BCUT2D eigenvalue weighted by atomic mass is 9.98. The van der Waals surface area contributed by atoms with Gasteiger partial charge in [-0.2, -0.15) is 0 Å². The summed E-state index contributed by atoms with van der Waals surface area (Å²) in [6.07, 6.45) is 18.4. The molecule has 0 aromatic heterocycles. The molecule has 47 heavy (non-hydrogen) atoms. The molecule has 0 spiro atoms. The number of rotatable bonds is 21. The van der Waals surface area contributed by atoms with Crippen molar-refractivity contribution in [1.82, 2.24) is 0 Å². The van der Waals surface area contributed by atoms with E-state index >= 15 is 0 Å². The van der Waals surface area contributed by atoms with Gasteiger partial charge in [0.15, 0.2) is 11.5 Å². The van der Waals surface area contributed by atoms with Gasteiger partial charge in [-0.1, -0.05) is 119 Å². The van der Waals surface area contributed by atoms with Crippen molar-refractivity contribution >= 4 is 23.2 Å². The predicted octanol–water partition coefficient (Wildman–Crippen LogP) is 10.0. The highest BCUT2D eigenvalue weighted by Crippen LogP contribution is 2.56. The SMILES string of the molecule is COc1c(O)c(C)c(CCCCCCCCCCCCCCC[P+](c2ccccc2)(c2ccccc2)c2ccccc2)c(O)c1OC. The van der Waals surface area contributed by atoms with Crippen LogP contribution in [0.3, 0.4) is 0 Å². The summed E-state index contributed by atoms with van der Waals surface area (Å²) in [7, 11) is 1.25. The molecule has 0 unspecified atom stereocenters. The van der Waals surface area contributed by atoms with E-state index in [9.17, 15) is 10.2 Å². The van der Waals surface area contributed by atoms with Gasteiger partial charge >= 0.3 is 0 Å². The van der Waals surface area contributed by atoms with Crippen LogP contribution in [-0.4, -0.2) is 30.6 Å². The molecule has 0 atom stereocenters. The monoisotopic (exact) mass is 655 g/mol. The average molecular weight is 656 g/mol. The summed E-state index contributed by atoms with van der Waals surface area (Å²) in [4.78, 5) is 0. The molecule has 0 aliphatic heterocycles. The van der Waals surface area contributed by atoms with E-state index in [-0.39, 0.29) is 23.0 Å². The van der Waals surface area contributed by atoms with E-state index in [1.165, 1.54) is 107 Å². The molecule has 252 valence electrons. The molecule has 4 aromatic carbocycles. The molecule has 4 nitrogen and oxygen atoms in total. The molecule has 0 bridgehead atoms. The fourth-order valence-electron chi connectivity index (χ4n) is 7.00. The number of phenols is 2. The van der Waals surface area contributed by atoms with E-state index in [1.54, 1.807) is 0 Å². The van der Waals surface area contributed by atoms with Crippen molar-refractivity contribution in [3.05, 3.63) is 102 Å². The van der Waals surface area contributed by atoms with E-state index in [2.05, 4.69) is 91.0 Å². The first-order chi connectivity index (χ1) is 23.0. The van der Waals surface area contributed by atoms with Crippen molar-refractivity contribution in [3.8, 4) is 23.0 Å². The standard InChI is InChI=1S/C42H55O4P/c1-34-38(40(44)42(46-3)41(45-2)39(34)43)32-24-13-11-9-7-5-4-6-8-10-12-14-25-33-47(35-26-18-15-19-27-35,36-28-20-16-21-29-36)37-30-22-17-23-31-37/h15-23,26-31H,4-14,24-25,32-33H2,1-3H3,(H-,43,44)/p+1. The van der Waals surface area contributed by atoms with Crippen molar-refractivity contribution in [2.75, 3.05) is 20.4 Å². The van der Waals surface area contributed by atoms with Gasteiger partial charge in [-0.15, -0.1) is 0 Å². The second kappa shape index (κ2) is 19.4. The van der Waals surface area contributed by atoms with Crippen LogP contribution in [-0.2, 0) is 6.42 Å². The molecule has 0 aliphatic rings. The van der Waals surface area contributed by atoms with Gasteiger partial charge in [-0.3, -0.25) is 0 Å². The lowest BCUT2D eigenvalue weighted by Crippen LogP contribution is -2.33. The van der Waals surface area contributed by atoms with E-state index < -0.39 is 7.26 Å². The van der Waals surface area contributed by atoms with Crippen LogP contribution in [0.1, 0.15) is 94.6 Å². The van der Waals surface area contributed by atoms with Gasteiger partial charge in [-0.25, -0.2) is 0 Å². The summed E-state index contributed by atoms with van der Waals surface area (Å²) >= 11 is 0. The molecule has 4 rings (SSSR count). The number of unbranched alkanes of at least 4 members (excludes halogenated alkanes) is 12. The Morgan fingerprint density at radius 1 is 0.468 bits per heavy atom. The number of ether oxygens (including phenoxy) is 2. The Labute approximate surface area is 284 Å². The topological polar surface area (TPSA) is 58.9 Å². The number of benzene rings is 4. The van der Waals surface area contributed by atoms with E-state index in [0.717, 1.165) is 24.8 Å². The maximum Gasteiger partial charge on any atom is 0.207 e. The van der Waals surface area contributed by atoms with Crippen LogP contribution in [0.15, 0.2) is 91.0 Å². The third-order valence-corrected chi connectivity index (χ3v) is 14.2. The molecular formula is C42H56O4P+. The summed E-state index contributed by atoms with van der Waals surface area (Å²) in [6.45, 7) is 1.82. The van der Waals surface area contributed by atoms with Crippen molar-refractivity contribution in [1.29, 1.82) is 0 Å². The van der Waals surface area contributed by atoms with Crippen molar-refractivity contribution in [3.63, 3.8) is 0 Å².